The summed E-state index contributed by atoms with van der Waals surface area (Å²) >= 11 is 0. The fourth-order valence-electron chi connectivity index (χ4n) is 6.54. The number of fused-ring (bicyclic) bond motifs is 7. The molecule has 3 aromatic carbocycles. The van der Waals surface area contributed by atoms with E-state index in [-0.39, 0.29) is 35.5 Å². The second kappa shape index (κ2) is 7.51. The first kappa shape index (κ1) is 20.4. The van der Waals surface area contributed by atoms with E-state index in [0.717, 1.165) is 40.1 Å². The van der Waals surface area contributed by atoms with Crippen molar-refractivity contribution >= 4 is 39.7 Å². The van der Waals surface area contributed by atoms with Gasteiger partial charge in [-0.25, -0.2) is 0 Å². The number of para-hydroxylation sites is 1. The van der Waals surface area contributed by atoms with Crippen molar-refractivity contribution in [2.75, 3.05) is 0 Å². The number of allylic oxidation sites excluding steroid dienone is 2. The van der Waals surface area contributed by atoms with E-state index in [1.54, 1.807) is 6.21 Å². The topological polar surface area (TPSA) is 54.7 Å². The molecular formula is C30H25N3O2. The number of hydrogen-bond acceptors (Lipinski definition) is 3. The molecule has 7 rings (SSSR count). The van der Waals surface area contributed by atoms with E-state index in [9.17, 15) is 9.59 Å². The second-order valence-corrected chi connectivity index (χ2v) is 9.97. The van der Waals surface area contributed by atoms with Crippen molar-refractivity contribution in [1.29, 1.82) is 0 Å². The summed E-state index contributed by atoms with van der Waals surface area (Å²) in [6, 6.07) is 23.1. The fourth-order valence-corrected chi connectivity index (χ4v) is 6.54. The maximum atomic E-state index is 13.1. The first-order chi connectivity index (χ1) is 17.1. The van der Waals surface area contributed by atoms with Crippen LogP contribution in [0.2, 0.25) is 0 Å². The van der Waals surface area contributed by atoms with Gasteiger partial charge in [0.05, 0.1) is 18.1 Å². The molecule has 5 heteroatoms. The van der Waals surface area contributed by atoms with Gasteiger partial charge in [0.25, 0.3) is 11.8 Å². The number of benzene rings is 3. The molecule has 0 spiro atoms. The predicted molar refractivity (Wildman–Crippen MR) is 137 cm³/mol. The van der Waals surface area contributed by atoms with Crippen LogP contribution in [0.4, 0.5) is 0 Å². The second-order valence-electron chi connectivity index (χ2n) is 9.97. The predicted octanol–water partition coefficient (Wildman–Crippen LogP) is 5.29. The van der Waals surface area contributed by atoms with Crippen LogP contribution in [0.25, 0.3) is 21.7 Å². The summed E-state index contributed by atoms with van der Waals surface area (Å²) < 4.78 is 2.30. The van der Waals surface area contributed by atoms with Gasteiger partial charge in [-0.3, -0.25) is 9.59 Å². The third kappa shape index (κ3) is 2.91. The summed E-state index contributed by atoms with van der Waals surface area (Å²) in [5, 5.41) is 9.15. The van der Waals surface area contributed by atoms with Crippen LogP contribution in [0.5, 0.6) is 0 Å². The van der Waals surface area contributed by atoms with Gasteiger partial charge >= 0.3 is 0 Å². The number of imide groups is 1. The number of hydrogen-bond donors (Lipinski definition) is 0. The zero-order chi connectivity index (χ0) is 23.7. The Labute approximate surface area is 203 Å². The molecule has 3 aliphatic rings. The molecule has 1 aliphatic heterocycles. The minimum Gasteiger partial charge on any atom is -0.340 e. The standard InChI is InChI=1S/C30H25N3O2/c1-18-25(16-31-33-29(34)27-20-13-14-21(15-20)28(27)30(33)35)24-11-4-5-12-26(24)32(18)17-22-9-6-8-19-7-2-3-10-23(19)22/h2-14,16,20-21,27-28H,15,17H2,1H3/t20-,21-,27-,28+/m0/s1. The fraction of sp³-hybridized carbons (Fsp3) is 0.233. The van der Waals surface area contributed by atoms with E-state index in [4.69, 9.17) is 0 Å². The van der Waals surface area contributed by atoms with Gasteiger partial charge in [0.15, 0.2) is 0 Å². The van der Waals surface area contributed by atoms with Gasteiger partial charge in [-0.2, -0.15) is 10.1 Å². The average Bonchev–Trinajstić information content (AvgIpc) is 3.62. The van der Waals surface area contributed by atoms with E-state index in [0.29, 0.717) is 0 Å². The molecule has 5 nitrogen and oxygen atoms in total. The molecule has 2 amide bonds. The van der Waals surface area contributed by atoms with Gasteiger partial charge in [-0.15, -0.1) is 0 Å². The Morgan fingerprint density at radius 2 is 1.51 bits per heavy atom. The molecule has 2 aliphatic carbocycles. The van der Waals surface area contributed by atoms with Crippen molar-refractivity contribution < 1.29 is 9.59 Å². The number of amides is 2. The first-order valence-corrected chi connectivity index (χ1v) is 12.3. The van der Waals surface area contributed by atoms with Crippen molar-refractivity contribution in [3.8, 4) is 0 Å². The number of carbonyl (C=O) groups is 2. The molecule has 2 fully saturated rings. The van der Waals surface area contributed by atoms with Gasteiger partial charge in [-0.05, 0) is 47.6 Å². The highest BCUT2D eigenvalue weighted by molar-refractivity contribution is 6.08. The van der Waals surface area contributed by atoms with Crippen molar-refractivity contribution in [1.82, 2.24) is 9.58 Å². The molecule has 4 aromatic rings. The largest absolute Gasteiger partial charge is 0.340 e. The minimum atomic E-state index is -0.233. The van der Waals surface area contributed by atoms with Crippen LogP contribution in [0.3, 0.4) is 0 Å². The van der Waals surface area contributed by atoms with Crippen LogP contribution in [0.15, 0.2) is 84.0 Å². The molecule has 1 saturated carbocycles. The Bertz CT molecular complexity index is 1560. The quantitative estimate of drug-likeness (QED) is 0.236. The highest BCUT2D eigenvalue weighted by Crippen LogP contribution is 2.52. The van der Waals surface area contributed by atoms with Crippen molar-refractivity contribution in [3.05, 3.63) is 95.7 Å². The van der Waals surface area contributed by atoms with Crippen molar-refractivity contribution in [2.24, 2.45) is 28.8 Å². The van der Waals surface area contributed by atoms with Gasteiger partial charge in [-0.1, -0.05) is 72.8 Å². The number of aromatic nitrogens is 1. The van der Waals surface area contributed by atoms with Gasteiger partial charge in [0.1, 0.15) is 0 Å². The molecule has 172 valence electrons. The van der Waals surface area contributed by atoms with Crippen LogP contribution in [-0.4, -0.2) is 27.6 Å². The van der Waals surface area contributed by atoms with Crippen molar-refractivity contribution in [2.45, 2.75) is 19.9 Å². The SMILES string of the molecule is Cc1c(C=NN2C(=O)[C@@H]3[C@H](C2=O)[C@H]2C=C[C@H]3C2)c2ccccc2n1Cc1cccc2ccccc12. The molecule has 2 bridgehead atoms. The summed E-state index contributed by atoms with van der Waals surface area (Å²) in [5.41, 5.74) is 4.36. The summed E-state index contributed by atoms with van der Waals surface area (Å²) in [6.45, 7) is 2.81. The first-order valence-electron chi connectivity index (χ1n) is 12.3. The van der Waals surface area contributed by atoms with Crippen LogP contribution in [-0.2, 0) is 16.1 Å². The summed E-state index contributed by atoms with van der Waals surface area (Å²) in [7, 11) is 0. The van der Waals surface area contributed by atoms with Gasteiger partial charge in [0, 0.05) is 28.7 Å². The number of rotatable bonds is 4. The Hall–Kier alpha value is -3.99. The lowest BCUT2D eigenvalue weighted by molar-refractivity contribution is -0.140. The van der Waals surface area contributed by atoms with E-state index in [1.807, 2.05) is 12.1 Å². The van der Waals surface area contributed by atoms with Crippen LogP contribution < -0.4 is 0 Å². The normalized spacial score (nSPS) is 25.1. The summed E-state index contributed by atoms with van der Waals surface area (Å²) in [5.74, 6) is -0.389. The lowest BCUT2D eigenvalue weighted by Crippen LogP contribution is -2.28. The van der Waals surface area contributed by atoms with Crippen LogP contribution in [0.1, 0.15) is 23.2 Å². The Morgan fingerprint density at radius 1 is 0.857 bits per heavy atom. The molecule has 0 N–H and O–H groups in total. The molecular weight excluding hydrogens is 434 g/mol. The van der Waals surface area contributed by atoms with Gasteiger partial charge in [0.2, 0.25) is 0 Å². The smallest absolute Gasteiger partial charge is 0.254 e. The summed E-state index contributed by atoms with van der Waals surface area (Å²) in [6.07, 6.45) is 6.85. The number of nitrogens with zero attached hydrogens (tertiary/aromatic N) is 3. The van der Waals surface area contributed by atoms with E-state index < -0.39 is 0 Å². The third-order valence-electron chi connectivity index (χ3n) is 8.24. The average molecular weight is 460 g/mol. The highest BCUT2D eigenvalue weighted by atomic mass is 16.2. The monoisotopic (exact) mass is 459 g/mol. The minimum absolute atomic E-state index is 0.148. The molecule has 2 heterocycles. The molecule has 1 aromatic heterocycles. The Morgan fingerprint density at radius 3 is 2.29 bits per heavy atom. The summed E-state index contributed by atoms with van der Waals surface area (Å²) in [4.78, 5) is 26.2. The van der Waals surface area contributed by atoms with E-state index in [1.165, 1.54) is 16.3 Å². The Kier molecular flexibility index (Phi) is 4.37. The molecule has 0 unspecified atom stereocenters. The molecule has 35 heavy (non-hydrogen) atoms. The van der Waals surface area contributed by atoms with Crippen LogP contribution in [0, 0.1) is 30.6 Å². The highest BCUT2D eigenvalue weighted by Gasteiger charge is 2.59. The van der Waals surface area contributed by atoms with E-state index >= 15 is 0 Å². The number of carbonyl (C=O) groups excluding carboxylic acids is 2. The zero-order valence-corrected chi connectivity index (χ0v) is 19.5. The third-order valence-corrected chi connectivity index (χ3v) is 8.24. The van der Waals surface area contributed by atoms with Crippen molar-refractivity contribution in [3.63, 3.8) is 0 Å². The number of hydrazone groups is 1. The maximum Gasteiger partial charge on any atom is 0.254 e. The maximum absolute atomic E-state index is 13.1. The van der Waals surface area contributed by atoms with Crippen LogP contribution >= 0.6 is 0 Å². The molecule has 1 saturated heterocycles. The Balaban J connectivity index is 1.27. The van der Waals surface area contributed by atoms with E-state index in [2.05, 4.69) is 83.3 Å². The molecule has 4 atom stereocenters. The van der Waals surface area contributed by atoms with Gasteiger partial charge < -0.3 is 4.57 Å². The molecule has 0 radical (unpaired) electrons. The zero-order valence-electron chi connectivity index (χ0n) is 19.5. The lowest BCUT2D eigenvalue weighted by Gasteiger charge is -2.13. The lowest BCUT2D eigenvalue weighted by atomic mass is 9.85.